The number of aromatic amines is 1. The van der Waals surface area contributed by atoms with Crippen molar-refractivity contribution in [3.8, 4) is 0 Å². The van der Waals surface area contributed by atoms with Crippen molar-refractivity contribution in [3.05, 3.63) is 70.1 Å². The van der Waals surface area contributed by atoms with Crippen LogP contribution in [0, 0.1) is 12.7 Å². The third kappa shape index (κ3) is 2.00. The van der Waals surface area contributed by atoms with Crippen LogP contribution in [0.2, 0.25) is 5.02 Å². The molecule has 3 aromatic rings. The molecule has 0 aliphatic rings. The Bertz CT molecular complexity index is 822. The summed E-state index contributed by atoms with van der Waals surface area (Å²) in [6.07, 6.45) is 1.57. The highest BCUT2D eigenvalue weighted by Gasteiger charge is 2.19. The van der Waals surface area contributed by atoms with Crippen LogP contribution in [-0.4, -0.2) is 10.8 Å². The van der Waals surface area contributed by atoms with E-state index in [4.69, 9.17) is 11.6 Å². The molecule has 0 bridgehead atoms. The van der Waals surface area contributed by atoms with Crippen LogP contribution >= 0.6 is 11.6 Å². The molecule has 2 nitrogen and oxygen atoms in total. The highest BCUT2D eigenvalue weighted by Crippen LogP contribution is 2.28. The van der Waals surface area contributed by atoms with Crippen LogP contribution in [0.4, 0.5) is 4.39 Å². The maximum Gasteiger partial charge on any atom is 0.198 e. The lowest BCUT2D eigenvalue weighted by molar-refractivity contribution is 0.103. The first kappa shape index (κ1) is 12.9. The van der Waals surface area contributed by atoms with Crippen molar-refractivity contribution < 1.29 is 9.18 Å². The molecule has 0 aliphatic heterocycles. The molecular formula is C16H11ClFNO. The van der Waals surface area contributed by atoms with Crippen molar-refractivity contribution in [1.29, 1.82) is 0 Å². The minimum absolute atomic E-state index is 0.0522. The number of carbonyl (C=O) groups excluding carboxylic acids is 1. The number of H-pyrrole nitrogens is 1. The van der Waals surface area contributed by atoms with Crippen LogP contribution in [0.25, 0.3) is 10.9 Å². The van der Waals surface area contributed by atoms with E-state index in [2.05, 4.69) is 4.98 Å². The number of fused-ring (bicyclic) bond motifs is 1. The van der Waals surface area contributed by atoms with E-state index in [1.807, 2.05) is 6.07 Å². The zero-order valence-electron chi connectivity index (χ0n) is 10.7. The van der Waals surface area contributed by atoms with E-state index in [1.165, 1.54) is 12.1 Å². The molecule has 1 aromatic heterocycles. The van der Waals surface area contributed by atoms with Crippen LogP contribution < -0.4 is 0 Å². The van der Waals surface area contributed by atoms with E-state index < -0.39 is 5.82 Å². The zero-order valence-corrected chi connectivity index (χ0v) is 11.5. The molecule has 4 heteroatoms. The fourth-order valence-corrected chi connectivity index (χ4v) is 2.55. The number of carbonyl (C=O) groups is 1. The van der Waals surface area contributed by atoms with E-state index in [0.29, 0.717) is 16.0 Å². The maximum atomic E-state index is 13.9. The van der Waals surface area contributed by atoms with E-state index in [1.54, 1.807) is 31.3 Å². The van der Waals surface area contributed by atoms with Gasteiger partial charge in [0, 0.05) is 22.7 Å². The molecule has 1 N–H and O–H groups in total. The first-order valence-corrected chi connectivity index (χ1v) is 6.52. The molecule has 0 amide bonds. The zero-order chi connectivity index (χ0) is 14.3. The molecule has 2 aromatic carbocycles. The van der Waals surface area contributed by atoms with Gasteiger partial charge in [-0.2, -0.15) is 0 Å². The van der Waals surface area contributed by atoms with Crippen LogP contribution in [0.5, 0.6) is 0 Å². The Morgan fingerprint density at radius 3 is 2.75 bits per heavy atom. The molecule has 0 unspecified atom stereocenters. The summed E-state index contributed by atoms with van der Waals surface area (Å²) in [6, 6.07) is 9.89. The van der Waals surface area contributed by atoms with Gasteiger partial charge in [0.25, 0.3) is 0 Å². The fourth-order valence-electron chi connectivity index (χ4n) is 2.27. The monoisotopic (exact) mass is 287 g/mol. The Balaban J connectivity index is 2.18. The average Bonchev–Trinajstić information content (AvgIpc) is 2.83. The van der Waals surface area contributed by atoms with Gasteiger partial charge >= 0.3 is 0 Å². The lowest BCUT2D eigenvalue weighted by Gasteiger charge is -2.03. The van der Waals surface area contributed by atoms with Gasteiger partial charge in [-0.15, -0.1) is 0 Å². The summed E-state index contributed by atoms with van der Waals surface area (Å²) in [4.78, 5) is 15.5. The molecule has 0 saturated heterocycles. The summed E-state index contributed by atoms with van der Waals surface area (Å²) in [6.45, 7) is 1.78. The first-order chi connectivity index (χ1) is 9.58. The lowest BCUT2D eigenvalue weighted by atomic mass is 10.0. The Labute approximate surface area is 120 Å². The van der Waals surface area contributed by atoms with Crippen LogP contribution in [0.15, 0.2) is 42.6 Å². The average molecular weight is 288 g/mol. The van der Waals surface area contributed by atoms with Gasteiger partial charge < -0.3 is 4.98 Å². The quantitative estimate of drug-likeness (QED) is 0.692. The van der Waals surface area contributed by atoms with Gasteiger partial charge in [0.1, 0.15) is 5.82 Å². The molecule has 0 aliphatic carbocycles. The number of aryl methyl sites for hydroxylation is 1. The van der Waals surface area contributed by atoms with Crippen LogP contribution in [0.1, 0.15) is 21.5 Å². The Hall–Kier alpha value is -2.13. The molecule has 0 saturated carbocycles. The smallest absolute Gasteiger partial charge is 0.198 e. The summed E-state index contributed by atoms with van der Waals surface area (Å²) < 4.78 is 13.9. The van der Waals surface area contributed by atoms with Crippen LogP contribution in [-0.2, 0) is 0 Å². The normalized spacial score (nSPS) is 10.9. The number of hydrogen-bond acceptors (Lipinski definition) is 1. The third-order valence-corrected chi connectivity index (χ3v) is 3.58. The van der Waals surface area contributed by atoms with Crippen molar-refractivity contribution in [2.75, 3.05) is 0 Å². The Morgan fingerprint density at radius 2 is 2.00 bits per heavy atom. The van der Waals surface area contributed by atoms with Crippen molar-refractivity contribution in [2.24, 2.45) is 0 Å². The third-order valence-electron chi connectivity index (χ3n) is 3.27. The summed E-state index contributed by atoms with van der Waals surface area (Å²) in [5.41, 5.74) is 1.97. The maximum absolute atomic E-state index is 13.9. The molecule has 100 valence electrons. The van der Waals surface area contributed by atoms with E-state index in [9.17, 15) is 9.18 Å². The van der Waals surface area contributed by atoms with E-state index >= 15 is 0 Å². The molecule has 0 radical (unpaired) electrons. The van der Waals surface area contributed by atoms with Crippen molar-refractivity contribution in [2.45, 2.75) is 6.92 Å². The molecule has 1 heterocycles. The van der Waals surface area contributed by atoms with E-state index in [-0.39, 0.29) is 11.3 Å². The largest absolute Gasteiger partial charge is 0.360 e. The Morgan fingerprint density at radius 1 is 1.20 bits per heavy atom. The number of hydrogen-bond donors (Lipinski definition) is 1. The van der Waals surface area contributed by atoms with Crippen molar-refractivity contribution in [1.82, 2.24) is 4.98 Å². The molecule has 3 rings (SSSR count). The number of ketones is 1. The lowest BCUT2D eigenvalue weighted by Crippen LogP contribution is -2.04. The SMILES string of the molecule is Cc1ccc(C(=O)c2c[nH]c3cccc(Cl)c23)c(F)c1. The van der Waals surface area contributed by atoms with Crippen molar-refractivity contribution >= 4 is 28.3 Å². The highest BCUT2D eigenvalue weighted by molar-refractivity contribution is 6.37. The van der Waals surface area contributed by atoms with Gasteiger partial charge in [0.05, 0.1) is 10.6 Å². The van der Waals surface area contributed by atoms with Crippen LogP contribution in [0.3, 0.4) is 0 Å². The fraction of sp³-hybridized carbons (Fsp3) is 0.0625. The summed E-state index contributed by atoms with van der Waals surface area (Å²) in [5, 5.41) is 1.10. The van der Waals surface area contributed by atoms with Gasteiger partial charge in [0.2, 0.25) is 0 Å². The summed E-state index contributed by atoms with van der Waals surface area (Å²) >= 11 is 6.13. The molecule has 0 atom stereocenters. The number of aromatic nitrogens is 1. The molecule has 20 heavy (non-hydrogen) atoms. The minimum Gasteiger partial charge on any atom is -0.360 e. The van der Waals surface area contributed by atoms with Crippen molar-refractivity contribution in [3.63, 3.8) is 0 Å². The predicted molar refractivity (Wildman–Crippen MR) is 77.9 cm³/mol. The summed E-state index contributed by atoms with van der Waals surface area (Å²) in [7, 11) is 0. The molecular weight excluding hydrogens is 277 g/mol. The topological polar surface area (TPSA) is 32.9 Å². The minimum atomic E-state index is -0.517. The standard InChI is InChI=1S/C16H11ClFNO/c1-9-5-6-10(13(18)7-9)16(20)11-8-19-14-4-2-3-12(17)15(11)14/h2-8,19H,1H3. The summed E-state index contributed by atoms with van der Waals surface area (Å²) in [5.74, 6) is -0.891. The molecule has 0 spiro atoms. The number of nitrogens with one attached hydrogen (secondary N) is 1. The Kier molecular flexibility index (Phi) is 3.07. The number of halogens is 2. The van der Waals surface area contributed by atoms with Gasteiger partial charge in [-0.25, -0.2) is 4.39 Å². The molecule has 0 fully saturated rings. The van der Waals surface area contributed by atoms with E-state index in [0.717, 1.165) is 11.1 Å². The second-order valence-electron chi connectivity index (χ2n) is 4.68. The first-order valence-electron chi connectivity index (χ1n) is 6.14. The number of benzene rings is 2. The van der Waals surface area contributed by atoms with Gasteiger partial charge in [-0.05, 0) is 36.8 Å². The van der Waals surface area contributed by atoms with Gasteiger partial charge in [-0.3, -0.25) is 4.79 Å². The second-order valence-corrected chi connectivity index (χ2v) is 5.08. The predicted octanol–water partition coefficient (Wildman–Crippen LogP) is 4.50. The van der Waals surface area contributed by atoms with Gasteiger partial charge in [-0.1, -0.05) is 23.7 Å². The number of rotatable bonds is 2. The highest BCUT2D eigenvalue weighted by atomic mass is 35.5. The van der Waals surface area contributed by atoms with Gasteiger partial charge in [0.15, 0.2) is 5.78 Å². The second kappa shape index (κ2) is 4.76.